The number of nitrogens with two attached hydrogens (primary N) is 1. The minimum Gasteiger partial charge on any atom is -0.489 e. The van der Waals surface area contributed by atoms with E-state index in [2.05, 4.69) is 23.7 Å². The van der Waals surface area contributed by atoms with Gasteiger partial charge in [-0.1, -0.05) is 6.92 Å². The minimum absolute atomic E-state index is 0.122. The zero-order chi connectivity index (χ0) is 14.5. The quantitative estimate of drug-likeness (QED) is 0.780. The summed E-state index contributed by atoms with van der Waals surface area (Å²) >= 11 is 1.79. The molecule has 0 bridgehead atoms. The van der Waals surface area contributed by atoms with Crippen LogP contribution in [-0.2, 0) is 13.0 Å². The second kappa shape index (κ2) is 6.66. The fraction of sp³-hybridized carbons (Fsp3) is 0.375. The molecule has 2 rings (SSSR count). The fourth-order valence-corrected chi connectivity index (χ4v) is 2.94. The highest BCUT2D eigenvalue weighted by Gasteiger charge is 2.06. The number of hydrogen-bond donors (Lipinski definition) is 2. The Bertz CT molecular complexity index is 563. The van der Waals surface area contributed by atoms with Crippen LogP contribution in [0.1, 0.15) is 31.2 Å². The first-order valence-corrected chi connectivity index (χ1v) is 7.83. The lowest BCUT2D eigenvalue weighted by Gasteiger charge is -2.14. The molecule has 0 spiro atoms. The van der Waals surface area contributed by atoms with Gasteiger partial charge in [-0.2, -0.15) is 0 Å². The van der Waals surface area contributed by atoms with E-state index in [0.29, 0.717) is 5.69 Å². The van der Waals surface area contributed by atoms with Crippen molar-refractivity contribution in [2.24, 2.45) is 0 Å². The molecule has 20 heavy (non-hydrogen) atoms. The first kappa shape index (κ1) is 14.7. The molecule has 1 aromatic heterocycles. The Balaban J connectivity index is 2.06. The van der Waals surface area contributed by atoms with Gasteiger partial charge in [-0.3, -0.25) is 0 Å². The first-order chi connectivity index (χ1) is 9.60. The van der Waals surface area contributed by atoms with E-state index in [4.69, 9.17) is 10.5 Å². The number of nitrogen functional groups attached to an aromatic ring is 1. The Morgan fingerprint density at radius 2 is 2.10 bits per heavy atom. The van der Waals surface area contributed by atoms with Gasteiger partial charge in [-0.05, 0) is 49.4 Å². The summed E-state index contributed by atoms with van der Waals surface area (Å²) in [5.41, 5.74) is 9.05. The van der Waals surface area contributed by atoms with Crippen LogP contribution in [-0.4, -0.2) is 6.10 Å². The number of ether oxygens (including phenoxy) is 1. The van der Waals surface area contributed by atoms with Gasteiger partial charge >= 0.3 is 0 Å². The Morgan fingerprint density at radius 3 is 2.80 bits per heavy atom. The predicted octanol–water partition coefficient (Wildman–Crippen LogP) is 4.29. The monoisotopic (exact) mass is 290 g/mol. The number of anilines is 2. The molecule has 3 nitrogen and oxygen atoms in total. The van der Waals surface area contributed by atoms with E-state index in [-0.39, 0.29) is 6.10 Å². The molecular weight excluding hydrogens is 268 g/mol. The van der Waals surface area contributed by atoms with Crippen molar-refractivity contribution < 1.29 is 4.74 Å². The molecule has 0 aliphatic rings. The Morgan fingerprint density at radius 1 is 1.30 bits per heavy atom. The van der Waals surface area contributed by atoms with E-state index in [1.807, 2.05) is 32.0 Å². The van der Waals surface area contributed by atoms with Crippen molar-refractivity contribution in [1.29, 1.82) is 0 Å². The van der Waals surface area contributed by atoms with E-state index in [1.54, 1.807) is 11.3 Å². The van der Waals surface area contributed by atoms with E-state index in [1.165, 1.54) is 10.4 Å². The average Bonchev–Trinajstić information content (AvgIpc) is 2.86. The number of nitrogens with one attached hydrogen (secondary N) is 1. The molecule has 0 aliphatic heterocycles. The Hall–Kier alpha value is -1.68. The summed E-state index contributed by atoms with van der Waals surface area (Å²) in [6.07, 6.45) is 1.20. The van der Waals surface area contributed by atoms with Crippen molar-refractivity contribution in [1.82, 2.24) is 0 Å². The molecule has 2 aromatic rings. The van der Waals surface area contributed by atoms with Gasteiger partial charge in [0.2, 0.25) is 0 Å². The molecule has 0 aliphatic carbocycles. The molecule has 1 aromatic carbocycles. The van der Waals surface area contributed by atoms with Gasteiger partial charge < -0.3 is 15.8 Å². The lowest BCUT2D eigenvalue weighted by atomic mass is 10.2. The third kappa shape index (κ3) is 3.67. The molecule has 0 atom stereocenters. The van der Waals surface area contributed by atoms with Gasteiger partial charge in [0.05, 0.1) is 11.8 Å². The number of hydrogen-bond acceptors (Lipinski definition) is 4. The Labute approximate surface area is 124 Å². The van der Waals surface area contributed by atoms with Crippen LogP contribution >= 0.6 is 11.3 Å². The van der Waals surface area contributed by atoms with Gasteiger partial charge in [-0.15, -0.1) is 11.3 Å². The molecule has 0 amide bonds. The standard InChI is InChI=1S/C16H22N2OS/c1-4-12-7-8-20-16(12)10-18-13-5-6-14(17)15(9-13)19-11(2)3/h5-9,11,18H,4,10,17H2,1-3H3. The second-order valence-electron chi connectivity index (χ2n) is 5.00. The van der Waals surface area contributed by atoms with E-state index >= 15 is 0 Å². The topological polar surface area (TPSA) is 47.3 Å². The predicted molar refractivity (Wildman–Crippen MR) is 87.6 cm³/mol. The molecule has 0 saturated carbocycles. The van der Waals surface area contributed by atoms with Crippen molar-refractivity contribution in [2.45, 2.75) is 39.8 Å². The highest BCUT2D eigenvalue weighted by molar-refractivity contribution is 7.10. The number of thiophene rings is 1. The fourth-order valence-electron chi connectivity index (χ4n) is 2.02. The van der Waals surface area contributed by atoms with E-state index in [0.717, 1.165) is 24.4 Å². The SMILES string of the molecule is CCc1ccsc1CNc1ccc(N)c(OC(C)C)c1. The summed E-state index contributed by atoms with van der Waals surface area (Å²) in [5, 5.41) is 5.58. The summed E-state index contributed by atoms with van der Waals surface area (Å²) in [6.45, 7) is 7.02. The van der Waals surface area contributed by atoms with E-state index < -0.39 is 0 Å². The van der Waals surface area contributed by atoms with Crippen LogP contribution in [0.4, 0.5) is 11.4 Å². The minimum atomic E-state index is 0.122. The first-order valence-electron chi connectivity index (χ1n) is 6.95. The molecule has 0 fully saturated rings. The van der Waals surface area contributed by atoms with Crippen LogP contribution in [0.5, 0.6) is 5.75 Å². The van der Waals surface area contributed by atoms with Gasteiger partial charge in [0.1, 0.15) is 5.75 Å². The van der Waals surface area contributed by atoms with Crippen LogP contribution in [0.15, 0.2) is 29.6 Å². The molecule has 0 saturated heterocycles. The van der Waals surface area contributed by atoms with Crippen LogP contribution in [0, 0.1) is 0 Å². The normalized spacial score (nSPS) is 10.8. The van der Waals surface area contributed by atoms with Crippen molar-refractivity contribution in [3.05, 3.63) is 40.1 Å². The van der Waals surface area contributed by atoms with Gasteiger partial charge in [0, 0.05) is 23.2 Å². The largest absolute Gasteiger partial charge is 0.489 e. The average molecular weight is 290 g/mol. The molecule has 1 heterocycles. The molecule has 108 valence electrons. The van der Waals surface area contributed by atoms with Gasteiger partial charge in [0.15, 0.2) is 0 Å². The van der Waals surface area contributed by atoms with Crippen LogP contribution in [0.2, 0.25) is 0 Å². The van der Waals surface area contributed by atoms with Crippen molar-refractivity contribution in [2.75, 3.05) is 11.1 Å². The number of benzene rings is 1. The van der Waals surface area contributed by atoms with Crippen molar-refractivity contribution in [3.8, 4) is 5.75 Å². The molecule has 0 radical (unpaired) electrons. The number of aryl methyl sites for hydroxylation is 1. The van der Waals surface area contributed by atoms with Gasteiger partial charge in [-0.25, -0.2) is 0 Å². The maximum atomic E-state index is 5.92. The summed E-state index contributed by atoms with van der Waals surface area (Å²) in [7, 11) is 0. The highest BCUT2D eigenvalue weighted by atomic mass is 32.1. The lowest BCUT2D eigenvalue weighted by molar-refractivity contribution is 0.244. The molecule has 3 N–H and O–H groups in total. The third-order valence-corrected chi connectivity index (χ3v) is 4.01. The zero-order valence-electron chi connectivity index (χ0n) is 12.3. The van der Waals surface area contributed by atoms with Crippen molar-refractivity contribution >= 4 is 22.7 Å². The maximum absolute atomic E-state index is 5.92. The molecule has 4 heteroatoms. The molecular formula is C16H22N2OS. The summed E-state index contributed by atoms with van der Waals surface area (Å²) in [4.78, 5) is 1.38. The van der Waals surface area contributed by atoms with Gasteiger partial charge in [0.25, 0.3) is 0 Å². The second-order valence-corrected chi connectivity index (χ2v) is 6.00. The summed E-state index contributed by atoms with van der Waals surface area (Å²) in [6, 6.07) is 8.03. The lowest BCUT2D eigenvalue weighted by Crippen LogP contribution is -2.08. The Kier molecular flexibility index (Phi) is 4.90. The van der Waals surface area contributed by atoms with Crippen LogP contribution in [0.25, 0.3) is 0 Å². The van der Waals surface area contributed by atoms with Crippen LogP contribution in [0.3, 0.4) is 0 Å². The number of rotatable bonds is 6. The van der Waals surface area contributed by atoms with E-state index in [9.17, 15) is 0 Å². The molecule has 0 unspecified atom stereocenters. The smallest absolute Gasteiger partial charge is 0.144 e. The summed E-state index contributed by atoms with van der Waals surface area (Å²) in [5.74, 6) is 0.742. The maximum Gasteiger partial charge on any atom is 0.144 e. The van der Waals surface area contributed by atoms with Crippen molar-refractivity contribution in [3.63, 3.8) is 0 Å². The summed E-state index contributed by atoms with van der Waals surface area (Å²) < 4.78 is 5.71. The van der Waals surface area contributed by atoms with Crippen LogP contribution < -0.4 is 15.8 Å². The zero-order valence-corrected chi connectivity index (χ0v) is 13.1. The highest BCUT2D eigenvalue weighted by Crippen LogP contribution is 2.27. The third-order valence-electron chi connectivity index (χ3n) is 3.05.